The highest BCUT2D eigenvalue weighted by molar-refractivity contribution is 6.01. The minimum absolute atomic E-state index is 0.220. The number of ether oxygens (including phenoxy) is 1. The Bertz CT molecular complexity index is 928. The molecule has 144 valence electrons. The Morgan fingerprint density at radius 1 is 1.14 bits per heavy atom. The third-order valence-electron chi connectivity index (χ3n) is 4.00. The molecule has 2 aromatic rings. The highest BCUT2D eigenvalue weighted by Crippen LogP contribution is 2.17. The second kappa shape index (κ2) is 9.47. The number of nitrogens with one attached hydrogen (secondary N) is 1. The molecule has 2 rings (SSSR count). The molecule has 28 heavy (non-hydrogen) atoms. The Hall–Kier alpha value is -3.46. The summed E-state index contributed by atoms with van der Waals surface area (Å²) in [5.41, 5.74) is 1.84. The quantitative estimate of drug-likeness (QED) is 0.457. The molecular weight excluding hydrogens is 359 g/mol. The lowest BCUT2D eigenvalue weighted by molar-refractivity contribution is -0.148. The molecule has 0 aliphatic carbocycles. The Morgan fingerprint density at radius 2 is 1.82 bits per heavy atom. The van der Waals surface area contributed by atoms with Crippen molar-refractivity contribution in [2.45, 2.75) is 32.8 Å². The molecule has 1 amide bonds. The zero-order chi connectivity index (χ0) is 20.7. The van der Waals surface area contributed by atoms with E-state index in [-0.39, 0.29) is 11.3 Å². The molecule has 0 heterocycles. The lowest BCUT2D eigenvalue weighted by Gasteiger charge is -2.13. The maximum atomic E-state index is 13.2. The monoisotopic (exact) mass is 380 g/mol. The minimum Gasteiger partial charge on any atom is -0.448 e. The van der Waals surface area contributed by atoms with Gasteiger partial charge in [0.15, 0.2) is 6.10 Å². The van der Waals surface area contributed by atoms with E-state index in [1.165, 1.54) is 31.2 Å². The van der Waals surface area contributed by atoms with Gasteiger partial charge in [-0.05, 0) is 48.2 Å². The van der Waals surface area contributed by atoms with Gasteiger partial charge in [0.1, 0.15) is 17.5 Å². The van der Waals surface area contributed by atoms with Crippen LogP contribution < -0.4 is 5.32 Å². The maximum Gasteiger partial charge on any atom is 0.349 e. The molecule has 5 nitrogen and oxygen atoms in total. The number of carbonyl (C=O) groups is 2. The molecular formula is C22H21FN2O3. The number of nitrogens with zero attached hydrogens (tertiary/aromatic N) is 1. The molecule has 0 aliphatic heterocycles. The lowest BCUT2D eigenvalue weighted by Crippen LogP contribution is -2.30. The van der Waals surface area contributed by atoms with Crippen LogP contribution in [0.25, 0.3) is 6.08 Å². The van der Waals surface area contributed by atoms with Crippen LogP contribution in [0, 0.1) is 17.1 Å². The van der Waals surface area contributed by atoms with Crippen molar-refractivity contribution >= 4 is 23.6 Å². The number of nitriles is 1. The summed E-state index contributed by atoms with van der Waals surface area (Å²) >= 11 is 0. The SMILES string of the molecule is CC(C)c1ccc(/C=C(\C#N)C(=O)O[C@H](C)C(=O)Nc2cccc(F)c2)cc1. The summed E-state index contributed by atoms with van der Waals surface area (Å²) in [4.78, 5) is 24.3. The normalized spacial score (nSPS) is 12.2. The summed E-state index contributed by atoms with van der Waals surface area (Å²) in [7, 11) is 0. The zero-order valence-electron chi connectivity index (χ0n) is 15.9. The summed E-state index contributed by atoms with van der Waals surface area (Å²) in [6, 6.07) is 14.6. The summed E-state index contributed by atoms with van der Waals surface area (Å²) < 4.78 is 18.2. The van der Waals surface area contributed by atoms with E-state index in [1.807, 2.05) is 12.1 Å². The lowest BCUT2D eigenvalue weighted by atomic mass is 10.0. The average Bonchev–Trinajstić information content (AvgIpc) is 2.66. The van der Waals surface area contributed by atoms with Gasteiger partial charge in [-0.15, -0.1) is 0 Å². The third-order valence-corrected chi connectivity index (χ3v) is 4.00. The predicted molar refractivity (Wildman–Crippen MR) is 105 cm³/mol. The van der Waals surface area contributed by atoms with Crippen LogP contribution in [0.4, 0.5) is 10.1 Å². The number of hydrogen-bond acceptors (Lipinski definition) is 4. The molecule has 6 heteroatoms. The first-order valence-corrected chi connectivity index (χ1v) is 8.79. The topological polar surface area (TPSA) is 79.2 Å². The Labute approximate surface area is 163 Å². The first-order valence-electron chi connectivity index (χ1n) is 8.79. The van der Waals surface area contributed by atoms with E-state index < -0.39 is 23.8 Å². The molecule has 2 aromatic carbocycles. The van der Waals surface area contributed by atoms with Crippen molar-refractivity contribution in [1.29, 1.82) is 5.26 Å². The number of halogens is 1. The number of amides is 1. The van der Waals surface area contributed by atoms with Crippen molar-refractivity contribution in [2.75, 3.05) is 5.32 Å². The van der Waals surface area contributed by atoms with Crippen LogP contribution in [-0.2, 0) is 14.3 Å². The number of anilines is 1. The van der Waals surface area contributed by atoms with E-state index in [0.29, 0.717) is 11.5 Å². The molecule has 0 saturated heterocycles. The van der Waals surface area contributed by atoms with Gasteiger partial charge in [-0.25, -0.2) is 9.18 Å². The molecule has 0 radical (unpaired) electrons. The second-order valence-corrected chi connectivity index (χ2v) is 6.54. The average molecular weight is 380 g/mol. The number of hydrogen-bond donors (Lipinski definition) is 1. The molecule has 0 spiro atoms. The molecule has 0 fully saturated rings. The van der Waals surface area contributed by atoms with Gasteiger partial charge >= 0.3 is 5.97 Å². The van der Waals surface area contributed by atoms with Crippen LogP contribution in [0.1, 0.15) is 37.8 Å². The highest BCUT2D eigenvalue weighted by atomic mass is 19.1. The fourth-order valence-electron chi connectivity index (χ4n) is 2.37. The van der Waals surface area contributed by atoms with Gasteiger partial charge in [-0.3, -0.25) is 4.79 Å². The van der Waals surface area contributed by atoms with E-state index >= 15 is 0 Å². The summed E-state index contributed by atoms with van der Waals surface area (Å²) in [6.45, 7) is 5.51. The molecule has 0 saturated carbocycles. The number of rotatable bonds is 6. The Kier molecular flexibility index (Phi) is 7.05. The van der Waals surface area contributed by atoms with Gasteiger partial charge in [0, 0.05) is 5.69 Å². The van der Waals surface area contributed by atoms with Gasteiger partial charge in [0.25, 0.3) is 5.91 Å². The van der Waals surface area contributed by atoms with Crippen molar-refractivity contribution in [2.24, 2.45) is 0 Å². The van der Waals surface area contributed by atoms with E-state index in [9.17, 15) is 19.2 Å². The maximum absolute atomic E-state index is 13.2. The van der Waals surface area contributed by atoms with Crippen LogP contribution in [0.5, 0.6) is 0 Å². The van der Waals surface area contributed by atoms with Gasteiger partial charge in [-0.1, -0.05) is 44.2 Å². The predicted octanol–water partition coefficient (Wildman–Crippen LogP) is 4.43. The van der Waals surface area contributed by atoms with Gasteiger partial charge in [0.05, 0.1) is 0 Å². The van der Waals surface area contributed by atoms with Crippen molar-refractivity contribution in [3.63, 3.8) is 0 Å². The van der Waals surface area contributed by atoms with Gasteiger partial charge < -0.3 is 10.1 Å². The second-order valence-electron chi connectivity index (χ2n) is 6.54. The van der Waals surface area contributed by atoms with Crippen LogP contribution >= 0.6 is 0 Å². The van der Waals surface area contributed by atoms with E-state index in [0.717, 1.165) is 11.6 Å². The largest absolute Gasteiger partial charge is 0.448 e. The summed E-state index contributed by atoms with van der Waals surface area (Å²) in [5.74, 6) is -1.66. The van der Waals surface area contributed by atoms with Gasteiger partial charge in [-0.2, -0.15) is 5.26 Å². The van der Waals surface area contributed by atoms with Gasteiger partial charge in [0.2, 0.25) is 0 Å². The summed E-state index contributed by atoms with van der Waals surface area (Å²) in [5, 5.41) is 11.7. The molecule has 1 atom stereocenters. The third kappa shape index (κ3) is 5.78. The molecule has 0 aliphatic rings. The Morgan fingerprint density at radius 3 is 2.39 bits per heavy atom. The zero-order valence-corrected chi connectivity index (χ0v) is 15.9. The first-order chi connectivity index (χ1) is 13.3. The summed E-state index contributed by atoms with van der Waals surface area (Å²) in [6.07, 6.45) is 0.250. The van der Waals surface area contributed by atoms with Crippen LogP contribution in [0.15, 0.2) is 54.1 Å². The van der Waals surface area contributed by atoms with Crippen molar-refractivity contribution in [1.82, 2.24) is 0 Å². The van der Waals surface area contributed by atoms with Crippen molar-refractivity contribution in [3.05, 3.63) is 71.0 Å². The van der Waals surface area contributed by atoms with E-state index in [1.54, 1.807) is 18.2 Å². The standard InChI is InChI=1S/C22H21FN2O3/c1-14(2)17-9-7-16(8-10-17)11-18(13-24)22(27)28-15(3)21(26)25-20-6-4-5-19(23)12-20/h4-12,14-15H,1-3H3,(H,25,26)/b18-11+/t15-/m1/s1. The molecule has 0 aromatic heterocycles. The van der Waals surface area contributed by atoms with E-state index in [4.69, 9.17) is 4.74 Å². The van der Waals surface area contributed by atoms with Crippen LogP contribution in [0.2, 0.25) is 0 Å². The number of carbonyl (C=O) groups excluding carboxylic acids is 2. The Balaban J connectivity index is 2.04. The highest BCUT2D eigenvalue weighted by Gasteiger charge is 2.20. The number of esters is 1. The van der Waals surface area contributed by atoms with Crippen molar-refractivity contribution in [3.8, 4) is 6.07 Å². The minimum atomic E-state index is -1.16. The van der Waals surface area contributed by atoms with Crippen molar-refractivity contribution < 1.29 is 18.7 Å². The van der Waals surface area contributed by atoms with Crippen LogP contribution in [-0.4, -0.2) is 18.0 Å². The fourth-order valence-corrected chi connectivity index (χ4v) is 2.37. The molecule has 1 N–H and O–H groups in total. The van der Waals surface area contributed by atoms with Crippen LogP contribution in [0.3, 0.4) is 0 Å². The smallest absolute Gasteiger partial charge is 0.349 e. The van der Waals surface area contributed by atoms with E-state index in [2.05, 4.69) is 19.2 Å². The first kappa shape index (κ1) is 20.8. The molecule has 0 bridgehead atoms. The molecule has 0 unspecified atom stereocenters. The fraction of sp³-hybridized carbons (Fsp3) is 0.227. The number of benzene rings is 2.